The molecule has 0 saturated heterocycles. The highest BCUT2D eigenvalue weighted by Gasteiger charge is 2.03. The second-order valence-electron chi connectivity index (χ2n) is 4.26. The molecule has 4 heteroatoms. The van der Waals surface area contributed by atoms with Gasteiger partial charge in [0.2, 0.25) is 0 Å². The molecule has 0 aliphatic heterocycles. The van der Waals surface area contributed by atoms with E-state index < -0.39 is 0 Å². The Morgan fingerprint density at radius 2 is 1.89 bits per heavy atom. The van der Waals surface area contributed by atoms with Crippen molar-refractivity contribution in [2.75, 3.05) is 5.73 Å². The Morgan fingerprint density at radius 3 is 2.72 bits per heavy atom. The van der Waals surface area contributed by atoms with Gasteiger partial charge in [-0.15, -0.1) is 0 Å². The molecule has 18 heavy (non-hydrogen) atoms. The molecule has 0 aliphatic carbocycles. The number of anilines is 1. The zero-order valence-corrected chi connectivity index (χ0v) is 9.95. The molecular weight excluding hydrogens is 224 g/mol. The van der Waals surface area contributed by atoms with Gasteiger partial charge in [-0.25, -0.2) is 4.98 Å². The lowest BCUT2D eigenvalue weighted by Gasteiger charge is -2.04. The first-order chi connectivity index (χ1) is 8.83. The van der Waals surface area contributed by atoms with Gasteiger partial charge in [0, 0.05) is 17.8 Å². The zero-order chi connectivity index (χ0) is 12.4. The van der Waals surface area contributed by atoms with Gasteiger partial charge < -0.3 is 5.73 Å². The van der Waals surface area contributed by atoms with Crippen LogP contribution in [-0.2, 0) is 12.8 Å². The van der Waals surface area contributed by atoms with E-state index in [1.54, 1.807) is 10.7 Å². The van der Waals surface area contributed by atoms with Crippen molar-refractivity contribution in [1.29, 1.82) is 0 Å². The van der Waals surface area contributed by atoms with E-state index in [2.05, 4.69) is 34.3 Å². The Bertz CT molecular complexity index is 658. The first kappa shape index (κ1) is 10.8. The highest BCUT2D eigenvalue weighted by atomic mass is 15.3. The third kappa shape index (κ3) is 2.05. The monoisotopic (exact) mass is 238 g/mol. The van der Waals surface area contributed by atoms with Crippen LogP contribution < -0.4 is 5.73 Å². The van der Waals surface area contributed by atoms with E-state index in [9.17, 15) is 0 Å². The molecule has 0 radical (unpaired) electrons. The SMILES string of the molecule is Nc1cc(CCc2ccccc2)nc2ccnn12. The number of nitrogens with zero attached hydrogens (tertiary/aromatic N) is 3. The molecule has 2 aromatic heterocycles. The summed E-state index contributed by atoms with van der Waals surface area (Å²) in [4.78, 5) is 4.53. The fraction of sp³-hybridized carbons (Fsp3) is 0.143. The molecule has 0 saturated carbocycles. The fourth-order valence-corrected chi connectivity index (χ4v) is 2.04. The second kappa shape index (κ2) is 4.49. The predicted molar refractivity (Wildman–Crippen MR) is 71.2 cm³/mol. The van der Waals surface area contributed by atoms with Crippen molar-refractivity contribution in [2.45, 2.75) is 12.8 Å². The minimum Gasteiger partial charge on any atom is -0.384 e. The first-order valence-corrected chi connectivity index (χ1v) is 5.96. The Morgan fingerprint density at radius 1 is 1.06 bits per heavy atom. The fourth-order valence-electron chi connectivity index (χ4n) is 2.04. The molecule has 1 aromatic carbocycles. The average molecular weight is 238 g/mol. The molecule has 0 aliphatic rings. The molecule has 0 atom stereocenters. The number of fused-ring (bicyclic) bond motifs is 1. The van der Waals surface area contributed by atoms with Crippen LogP contribution in [0.5, 0.6) is 0 Å². The third-order valence-electron chi connectivity index (χ3n) is 2.95. The lowest BCUT2D eigenvalue weighted by molar-refractivity contribution is 0.883. The summed E-state index contributed by atoms with van der Waals surface area (Å²) in [6.07, 6.45) is 3.56. The van der Waals surface area contributed by atoms with Crippen molar-refractivity contribution in [3.8, 4) is 0 Å². The minimum absolute atomic E-state index is 0.632. The first-order valence-electron chi connectivity index (χ1n) is 5.96. The van der Waals surface area contributed by atoms with Crippen molar-refractivity contribution in [3.05, 3.63) is 59.9 Å². The zero-order valence-electron chi connectivity index (χ0n) is 9.95. The molecule has 0 amide bonds. The third-order valence-corrected chi connectivity index (χ3v) is 2.95. The van der Waals surface area contributed by atoms with Gasteiger partial charge in [-0.1, -0.05) is 30.3 Å². The second-order valence-corrected chi connectivity index (χ2v) is 4.26. The summed E-state index contributed by atoms with van der Waals surface area (Å²) < 4.78 is 1.64. The number of rotatable bonds is 3. The molecular formula is C14H14N4. The van der Waals surface area contributed by atoms with Crippen molar-refractivity contribution >= 4 is 11.5 Å². The lowest BCUT2D eigenvalue weighted by atomic mass is 10.1. The summed E-state index contributed by atoms with van der Waals surface area (Å²) in [5.41, 5.74) is 9.05. The smallest absolute Gasteiger partial charge is 0.157 e. The molecule has 4 nitrogen and oxygen atoms in total. The van der Waals surface area contributed by atoms with Gasteiger partial charge >= 0.3 is 0 Å². The molecule has 0 bridgehead atoms. The summed E-state index contributed by atoms with van der Waals surface area (Å²) in [6.45, 7) is 0. The maximum Gasteiger partial charge on any atom is 0.157 e. The molecule has 0 fully saturated rings. The summed E-state index contributed by atoms with van der Waals surface area (Å²) >= 11 is 0. The predicted octanol–water partition coefficient (Wildman–Crippen LogP) is 2.10. The number of nitrogen functional groups attached to an aromatic ring is 1. The number of aryl methyl sites for hydroxylation is 2. The van der Waals surface area contributed by atoms with Gasteiger partial charge in [0.25, 0.3) is 0 Å². The summed E-state index contributed by atoms with van der Waals surface area (Å²) in [7, 11) is 0. The van der Waals surface area contributed by atoms with Crippen LogP contribution in [0.15, 0.2) is 48.7 Å². The number of benzene rings is 1. The highest BCUT2D eigenvalue weighted by molar-refractivity contribution is 5.46. The summed E-state index contributed by atoms with van der Waals surface area (Å²) in [5, 5.41) is 4.11. The van der Waals surface area contributed by atoms with Crippen LogP contribution in [0.25, 0.3) is 5.65 Å². The van der Waals surface area contributed by atoms with E-state index in [1.807, 2.05) is 18.2 Å². The standard InChI is InChI=1S/C14H14N4/c15-13-10-12(17-14-8-9-16-18(13)14)7-6-11-4-2-1-3-5-11/h1-5,8-10H,6-7,15H2. The van der Waals surface area contributed by atoms with E-state index in [-0.39, 0.29) is 0 Å². The maximum atomic E-state index is 5.93. The molecule has 0 unspecified atom stereocenters. The summed E-state index contributed by atoms with van der Waals surface area (Å²) in [6, 6.07) is 14.1. The maximum absolute atomic E-state index is 5.93. The lowest BCUT2D eigenvalue weighted by Crippen LogP contribution is -2.03. The van der Waals surface area contributed by atoms with Gasteiger partial charge in [-0.2, -0.15) is 9.61 Å². The normalized spacial score (nSPS) is 10.9. The van der Waals surface area contributed by atoms with Crippen molar-refractivity contribution in [1.82, 2.24) is 14.6 Å². The van der Waals surface area contributed by atoms with Crippen LogP contribution in [0, 0.1) is 0 Å². The van der Waals surface area contributed by atoms with E-state index in [0.29, 0.717) is 5.82 Å². The van der Waals surface area contributed by atoms with Crippen molar-refractivity contribution < 1.29 is 0 Å². The van der Waals surface area contributed by atoms with E-state index in [4.69, 9.17) is 5.73 Å². The average Bonchev–Trinajstić information content (AvgIpc) is 2.86. The molecule has 90 valence electrons. The Labute approximate surface area is 105 Å². The van der Waals surface area contributed by atoms with Gasteiger partial charge in [0.1, 0.15) is 5.82 Å². The van der Waals surface area contributed by atoms with Gasteiger partial charge in [0.05, 0.1) is 6.20 Å². The number of nitrogens with two attached hydrogens (primary N) is 1. The van der Waals surface area contributed by atoms with Crippen LogP contribution in [0.2, 0.25) is 0 Å². The minimum atomic E-state index is 0.632. The van der Waals surface area contributed by atoms with Crippen molar-refractivity contribution in [3.63, 3.8) is 0 Å². The molecule has 2 N–H and O–H groups in total. The molecule has 3 rings (SSSR count). The Balaban J connectivity index is 1.82. The quantitative estimate of drug-likeness (QED) is 0.760. The number of hydrogen-bond donors (Lipinski definition) is 1. The molecule has 3 aromatic rings. The topological polar surface area (TPSA) is 56.2 Å². The van der Waals surface area contributed by atoms with Gasteiger partial charge in [-0.3, -0.25) is 0 Å². The van der Waals surface area contributed by atoms with Crippen LogP contribution in [-0.4, -0.2) is 14.6 Å². The van der Waals surface area contributed by atoms with E-state index in [0.717, 1.165) is 24.2 Å². The van der Waals surface area contributed by atoms with Crippen molar-refractivity contribution in [2.24, 2.45) is 0 Å². The highest BCUT2D eigenvalue weighted by Crippen LogP contribution is 2.11. The number of aromatic nitrogens is 3. The molecule has 0 spiro atoms. The van der Waals surface area contributed by atoms with Crippen LogP contribution >= 0.6 is 0 Å². The Kier molecular flexibility index (Phi) is 2.68. The van der Waals surface area contributed by atoms with Crippen LogP contribution in [0.3, 0.4) is 0 Å². The number of hydrogen-bond acceptors (Lipinski definition) is 3. The van der Waals surface area contributed by atoms with Crippen LogP contribution in [0.1, 0.15) is 11.3 Å². The summed E-state index contributed by atoms with van der Waals surface area (Å²) in [5.74, 6) is 0.632. The van der Waals surface area contributed by atoms with Crippen LogP contribution in [0.4, 0.5) is 5.82 Å². The molecule has 2 heterocycles. The van der Waals surface area contributed by atoms with Gasteiger partial charge in [0.15, 0.2) is 5.65 Å². The van der Waals surface area contributed by atoms with E-state index in [1.165, 1.54) is 5.56 Å². The largest absolute Gasteiger partial charge is 0.384 e. The van der Waals surface area contributed by atoms with E-state index >= 15 is 0 Å². The Hall–Kier alpha value is -2.36. The van der Waals surface area contributed by atoms with Gasteiger partial charge in [-0.05, 0) is 18.4 Å².